The molecular weight excluding hydrogens is 258 g/mol. The molecule has 2 rings (SSSR count). The summed E-state index contributed by atoms with van der Waals surface area (Å²) in [6.45, 7) is 5.65. The van der Waals surface area contributed by atoms with Gasteiger partial charge < -0.3 is 14.6 Å². The number of β-amino-alcohol motifs (C(OH)–C–C–N with tert-alkyl or cyclic N) is 1. The highest BCUT2D eigenvalue weighted by Crippen LogP contribution is 2.29. The molecule has 2 heterocycles. The van der Waals surface area contributed by atoms with Gasteiger partial charge in [-0.15, -0.1) is 0 Å². The Morgan fingerprint density at radius 3 is 2.45 bits per heavy atom. The van der Waals surface area contributed by atoms with Crippen LogP contribution in [0.25, 0.3) is 0 Å². The third-order valence-corrected chi connectivity index (χ3v) is 3.62. The number of piperazine rings is 1. The van der Waals surface area contributed by atoms with Gasteiger partial charge in [0.2, 0.25) is 0 Å². The second-order valence-corrected chi connectivity index (χ2v) is 4.83. The highest BCUT2D eigenvalue weighted by Gasteiger charge is 2.19. The van der Waals surface area contributed by atoms with E-state index in [1.54, 1.807) is 20.4 Å². The van der Waals surface area contributed by atoms with Crippen LogP contribution in [-0.2, 0) is 6.54 Å². The monoisotopic (exact) mass is 281 g/mol. The lowest BCUT2D eigenvalue weighted by atomic mass is 10.2. The molecule has 20 heavy (non-hydrogen) atoms. The van der Waals surface area contributed by atoms with Crippen LogP contribution in [0.1, 0.15) is 5.69 Å². The number of hydrogen-bond acceptors (Lipinski definition) is 6. The Kier molecular flexibility index (Phi) is 5.58. The van der Waals surface area contributed by atoms with E-state index in [1.807, 2.05) is 6.07 Å². The minimum Gasteiger partial charge on any atom is -0.493 e. The normalized spacial score (nSPS) is 17.1. The lowest BCUT2D eigenvalue weighted by molar-refractivity contribution is 0.107. The van der Waals surface area contributed by atoms with E-state index in [-0.39, 0.29) is 6.61 Å². The third kappa shape index (κ3) is 3.59. The molecular formula is C14H23N3O3. The number of hydrogen-bond donors (Lipinski definition) is 1. The summed E-state index contributed by atoms with van der Waals surface area (Å²) in [6, 6.07) is 1.81. The summed E-state index contributed by atoms with van der Waals surface area (Å²) in [6.07, 6.45) is 1.75. The van der Waals surface area contributed by atoms with Crippen molar-refractivity contribution in [2.24, 2.45) is 0 Å². The Morgan fingerprint density at radius 1 is 1.15 bits per heavy atom. The molecule has 1 saturated heterocycles. The molecule has 0 atom stereocenters. The molecule has 0 aliphatic carbocycles. The summed E-state index contributed by atoms with van der Waals surface area (Å²) in [4.78, 5) is 9.02. The zero-order chi connectivity index (χ0) is 14.4. The lowest BCUT2D eigenvalue weighted by Gasteiger charge is -2.34. The number of ether oxygens (including phenoxy) is 2. The predicted octanol–water partition coefficient (Wildman–Crippen LogP) is 0.209. The largest absolute Gasteiger partial charge is 0.493 e. The van der Waals surface area contributed by atoms with E-state index < -0.39 is 0 Å². The fourth-order valence-corrected chi connectivity index (χ4v) is 2.49. The van der Waals surface area contributed by atoms with Gasteiger partial charge in [-0.1, -0.05) is 0 Å². The van der Waals surface area contributed by atoms with E-state index in [0.29, 0.717) is 5.75 Å². The first-order valence-electron chi connectivity index (χ1n) is 6.90. The van der Waals surface area contributed by atoms with Crippen LogP contribution < -0.4 is 9.47 Å². The summed E-state index contributed by atoms with van der Waals surface area (Å²) < 4.78 is 10.7. The molecule has 0 radical (unpaired) electrons. The number of aliphatic hydroxyl groups excluding tert-OH is 1. The van der Waals surface area contributed by atoms with Crippen LogP contribution in [0.5, 0.6) is 11.5 Å². The maximum atomic E-state index is 8.95. The van der Waals surface area contributed by atoms with Crippen molar-refractivity contribution in [2.45, 2.75) is 6.54 Å². The Labute approximate surface area is 119 Å². The van der Waals surface area contributed by atoms with Crippen molar-refractivity contribution in [1.29, 1.82) is 0 Å². The maximum absolute atomic E-state index is 8.95. The Bertz CT molecular complexity index is 420. The van der Waals surface area contributed by atoms with Gasteiger partial charge in [0.15, 0.2) is 11.5 Å². The molecule has 0 unspecified atom stereocenters. The van der Waals surface area contributed by atoms with Gasteiger partial charge in [-0.05, 0) is 0 Å². The van der Waals surface area contributed by atoms with Crippen molar-refractivity contribution >= 4 is 0 Å². The first-order chi connectivity index (χ1) is 9.78. The second kappa shape index (κ2) is 7.42. The Morgan fingerprint density at radius 2 is 1.85 bits per heavy atom. The quantitative estimate of drug-likeness (QED) is 0.804. The minimum absolute atomic E-state index is 0.227. The summed E-state index contributed by atoms with van der Waals surface area (Å²) in [5.74, 6) is 1.43. The summed E-state index contributed by atoms with van der Waals surface area (Å²) in [5.41, 5.74) is 0.905. The maximum Gasteiger partial charge on any atom is 0.183 e. The van der Waals surface area contributed by atoms with Crippen molar-refractivity contribution in [2.75, 3.05) is 53.6 Å². The average Bonchev–Trinajstić information content (AvgIpc) is 2.49. The Balaban J connectivity index is 1.97. The van der Waals surface area contributed by atoms with E-state index in [1.165, 1.54) is 0 Å². The van der Waals surface area contributed by atoms with Gasteiger partial charge in [0.25, 0.3) is 0 Å². The van der Waals surface area contributed by atoms with Crippen LogP contribution in [0.3, 0.4) is 0 Å². The molecule has 6 heteroatoms. The molecule has 0 saturated carbocycles. The van der Waals surface area contributed by atoms with E-state index >= 15 is 0 Å². The molecule has 1 N–H and O–H groups in total. The van der Waals surface area contributed by atoms with Gasteiger partial charge in [0, 0.05) is 51.5 Å². The topological polar surface area (TPSA) is 58.1 Å². The van der Waals surface area contributed by atoms with Crippen LogP contribution in [0.2, 0.25) is 0 Å². The number of nitrogens with zero attached hydrogens (tertiary/aromatic N) is 3. The second-order valence-electron chi connectivity index (χ2n) is 4.83. The van der Waals surface area contributed by atoms with E-state index in [2.05, 4.69) is 14.8 Å². The SMILES string of the molecule is COc1ccnc(CN2CCN(CCO)CC2)c1OC. The third-order valence-electron chi connectivity index (χ3n) is 3.62. The van der Waals surface area contributed by atoms with E-state index in [9.17, 15) is 0 Å². The summed E-state index contributed by atoms with van der Waals surface area (Å²) in [7, 11) is 3.28. The van der Waals surface area contributed by atoms with Crippen LogP contribution >= 0.6 is 0 Å². The molecule has 1 aromatic heterocycles. The molecule has 0 amide bonds. The molecule has 0 bridgehead atoms. The molecule has 1 aliphatic heterocycles. The number of rotatable bonds is 6. The first-order valence-corrected chi connectivity index (χ1v) is 6.90. The molecule has 0 spiro atoms. The van der Waals surface area contributed by atoms with Gasteiger partial charge >= 0.3 is 0 Å². The molecule has 1 aromatic rings. The zero-order valence-corrected chi connectivity index (χ0v) is 12.2. The van der Waals surface area contributed by atoms with E-state index in [4.69, 9.17) is 14.6 Å². The minimum atomic E-state index is 0.227. The van der Waals surface area contributed by atoms with Gasteiger partial charge in [0.05, 0.1) is 20.8 Å². The van der Waals surface area contributed by atoms with Crippen LogP contribution in [0.4, 0.5) is 0 Å². The molecule has 6 nitrogen and oxygen atoms in total. The number of pyridine rings is 1. The van der Waals surface area contributed by atoms with Crippen LogP contribution in [0, 0.1) is 0 Å². The van der Waals surface area contributed by atoms with Gasteiger partial charge in [-0.2, -0.15) is 0 Å². The smallest absolute Gasteiger partial charge is 0.183 e. The van der Waals surface area contributed by atoms with Crippen LogP contribution in [-0.4, -0.2) is 73.4 Å². The Hall–Kier alpha value is -1.37. The van der Waals surface area contributed by atoms with Gasteiger partial charge in [0.1, 0.15) is 5.69 Å². The summed E-state index contributed by atoms with van der Waals surface area (Å²) >= 11 is 0. The van der Waals surface area contributed by atoms with Crippen molar-refractivity contribution in [3.05, 3.63) is 18.0 Å². The van der Waals surface area contributed by atoms with Gasteiger partial charge in [-0.3, -0.25) is 14.8 Å². The molecule has 1 aliphatic rings. The highest BCUT2D eigenvalue weighted by atomic mass is 16.5. The molecule has 1 fully saturated rings. The van der Waals surface area contributed by atoms with E-state index in [0.717, 1.165) is 50.7 Å². The predicted molar refractivity (Wildman–Crippen MR) is 76.1 cm³/mol. The fraction of sp³-hybridized carbons (Fsp3) is 0.643. The first kappa shape index (κ1) is 15.0. The summed E-state index contributed by atoms with van der Waals surface area (Å²) in [5, 5.41) is 8.95. The number of methoxy groups -OCH3 is 2. The fourth-order valence-electron chi connectivity index (χ4n) is 2.49. The van der Waals surface area contributed by atoms with Crippen molar-refractivity contribution < 1.29 is 14.6 Å². The van der Waals surface area contributed by atoms with Crippen molar-refractivity contribution in [1.82, 2.24) is 14.8 Å². The highest BCUT2D eigenvalue weighted by molar-refractivity contribution is 5.42. The van der Waals surface area contributed by atoms with Gasteiger partial charge in [-0.25, -0.2) is 0 Å². The lowest BCUT2D eigenvalue weighted by Crippen LogP contribution is -2.46. The molecule has 112 valence electrons. The molecule has 0 aromatic carbocycles. The number of aliphatic hydroxyl groups is 1. The van der Waals surface area contributed by atoms with Crippen LogP contribution in [0.15, 0.2) is 12.3 Å². The average molecular weight is 281 g/mol. The number of aromatic nitrogens is 1. The van der Waals surface area contributed by atoms with Crippen molar-refractivity contribution in [3.8, 4) is 11.5 Å². The standard InChI is InChI=1S/C14H23N3O3/c1-19-13-3-4-15-12(14(13)20-2)11-17-7-5-16(6-8-17)9-10-18/h3-4,18H,5-11H2,1-2H3. The van der Waals surface area contributed by atoms with Crippen molar-refractivity contribution in [3.63, 3.8) is 0 Å². The zero-order valence-electron chi connectivity index (χ0n) is 12.2.